The van der Waals surface area contributed by atoms with E-state index in [9.17, 15) is 4.79 Å². The second-order valence-corrected chi connectivity index (χ2v) is 5.30. The van der Waals surface area contributed by atoms with Gasteiger partial charge in [-0.15, -0.1) is 6.42 Å². The van der Waals surface area contributed by atoms with Crippen LogP contribution in [0.4, 0.5) is 0 Å². The first-order valence-corrected chi connectivity index (χ1v) is 6.91. The van der Waals surface area contributed by atoms with E-state index < -0.39 is 5.54 Å². The molecule has 106 valence electrons. The van der Waals surface area contributed by atoms with E-state index in [1.54, 1.807) is 0 Å². The number of piperidine rings is 1. The molecule has 0 radical (unpaired) electrons. The highest BCUT2D eigenvalue weighted by Crippen LogP contribution is 2.21. The standard InChI is InChI=1S/C16H21N3O/c1-2-10-18-15(20)16(17)8-11-19(12-9-16)13-14-6-4-3-5-7-14/h1,3-7H,8-13,17H2,(H,18,20). The Bertz CT molecular complexity index is 484. The summed E-state index contributed by atoms with van der Waals surface area (Å²) in [7, 11) is 0. The summed E-state index contributed by atoms with van der Waals surface area (Å²) in [4.78, 5) is 14.3. The molecule has 4 nitrogen and oxygen atoms in total. The van der Waals surface area contributed by atoms with Crippen LogP contribution in [0.15, 0.2) is 30.3 Å². The third kappa shape index (κ3) is 3.60. The Hall–Kier alpha value is -1.83. The van der Waals surface area contributed by atoms with Crippen molar-refractivity contribution < 1.29 is 4.79 Å². The number of nitrogens with zero attached hydrogens (tertiary/aromatic N) is 1. The molecular weight excluding hydrogens is 250 g/mol. The van der Waals surface area contributed by atoms with Gasteiger partial charge in [0.15, 0.2) is 0 Å². The lowest BCUT2D eigenvalue weighted by Crippen LogP contribution is -2.59. The van der Waals surface area contributed by atoms with Crippen LogP contribution in [0.1, 0.15) is 18.4 Å². The first-order valence-electron chi connectivity index (χ1n) is 6.91. The zero-order chi connectivity index (χ0) is 14.4. The van der Waals surface area contributed by atoms with Gasteiger partial charge in [0.2, 0.25) is 5.91 Å². The highest BCUT2D eigenvalue weighted by molar-refractivity contribution is 5.86. The molecule has 20 heavy (non-hydrogen) atoms. The molecule has 1 aliphatic rings. The lowest BCUT2D eigenvalue weighted by Gasteiger charge is -2.37. The van der Waals surface area contributed by atoms with Crippen molar-refractivity contribution in [1.29, 1.82) is 0 Å². The zero-order valence-corrected chi connectivity index (χ0v) is 11.6. The minimum Gasteiger partial charge on any atom is -0.344 e. The SMILES string of the molecule is C#CCNC(=O)C1(N)CCN(Cc2ccccc2)CC1. The Kier molecular flexibility index (Phi) is 4.78. The Labute approximate surface area is 120 Å². The predicted octanol–water partition coefficient (Wildman–Crippen LogP) is 0.729. The summed E-state index contributed by atoms with van der Waals surface area (Å²) in [6.07, 6.45) is 6.47. The Morgan fingerprint density at radius 3 is 2.60 bits per heavy atom. The number of carbonyl (C=O) groups excluding carboxylic acids is 1. The van der Waals surface area contributed by atoms with Crippen molar-refractivity contribution in [2.75, 3.05) is 19.6 Å². The van der Waals surface area contributed by atoms with E-state index in [2.05, 4.69) is 28.3 Å². The number of carbonyl (C=O) groups is 1. The maximum Gasteiger partial charge on any atom is 0.240 e. The van der Waals surface area contributed by atoms with E-state index in [1.165, 1.54) is 5.56 Å². The third-order valence-electron chi connectivity index (χ3n) is 3.80. The average Bonchev–Trinajstić information content (AvgIpc) is 2.48. The van der Waals surface area contributed by atoms with Gasteiger partial charge in [0.25, 0.3) is 0 Å². The minimum absolute atomic E-state index is 0.130. The zero-order valence-electron chi connectivity index (χ0n) is 11.6. The van der Waals surface area contributed by atoms with Crippen molar-refractivity contribution in [1.82, 2.24) is 10.2 Å². The van der Waals surface area contributed by atoms with Crippen LogP contribution in [0, 0.1) is 12.3 Å². The maximum absolute atomic E-state index is 12.0. The largest absolute Gasteiger partial charge is 0.344 e. The molecule has 0 saturated carbocycles. The molecule has 0 aromatic heterocycles. The molecule has 0 aliphatic carbocycles. The second-order valence-electron chi connectivity index (χ2n) is 5.30. The summed E-state index contributed by atoms with van der Waals surface area (Å²) in [6.45, 7) is 2.80. The topological polar surface area (TPSA) is 58.4 Å². The molecule has 3 N–H and O–H groups in total. The van der Waals surface area contributed by atoms with Gasteiger partial charge in [-0.1, -0.05) is 36.3 Å². The van der Waals surface area contributed by atoms with Crippen LogP contribution in [-0.4, -0.2) is 36.0 Å². The van der Waals surface area contributed by atoms with Crippen LogP contribution < -0.4 is 11.1 Å². The lowest BCUT2D eigenvalue weighted by atomic mass is 9.87. The molecule has 1 fully saturated rings. The molecule has 1 saturated heterocycles. The van der Waals surface area contributed by atoms with Gasteiger partial charge in [-0.3, -0.25) is 9.69 Å². The number of benzene rings is 1. The van der Waals surface area contributed by atoms with E-state index in [1.807, 2.05) is 18.2 Å². The molecular formula is C16H21N3O. The van der Waals surface area contributed by atoms with E-state index in [0.29, 0.717) is 12.8 Å². The Morgan fingerprint density at radius 2 is 2.00 bits per heavy atom. The number of hydrogen-bond donors (Lipinski definition) is 2. The molecule has 0 spiro atoms. The van der Waals surface area contributed by atoms with Gasteiger partial charge in [-0.2, -0.15) is 0 Å². The van der Waals surface area contributed by atoms with Crippen LogP contribution >= 0.6 is 0 Å². The fourth-order valence-electron chi connectivity index (χ4n) is 2.49. The van der Waals surface area contributed by atoms with Crippen molar-refractivity contribution in [3.63, 3.8) is 0 Å². The summed E-state index contributed by atoms with van der Waals surface area (Å²) in [5, 5.41) is 2.69. The first-order chi connectivity index (χ1) is 9.64. The molecule has 0 atom stereocenters. The normalized spacial score (nSPS) is 18.2. The molecule has 1 aromatic carbocycles. The number of terminal acetylenes is 1. The van der Waals surface area contributed by atoms with Crippen LogP contribution in [0.3, 0.4) is 0 Å². The number of nitrogens with one attached hydrogen (secondary N) is 1. The maximum atomic E-state index is 12.0. The summed E-state index contributed by atoms with van der Waals surface area (Å²) in [5.41, 5.74) is 6.70. The fraction of sp³-hybridized carbons (Fsp3) is 0.438. The molecule has 0 unspecified atom stereocenters. The molecule has 1 aliphatic heterocycles. The first kappa shape index (κ1) is 14.6. The molecule has 1 amide bonds. The van der Waals surface area contributed by atoms with Crippen molar-refractivity contribution >= 4 is 5.91 Å². The van der Waals surface area contributed by atoms with Gasteiger partial charge in [0.05, 0.1) is 12.1 Å². The van der Waals surface area contributed by atoms with Crippen LogP contribution in [0.25, 0.3) is 0 Å². The van der Waals surface area contributed by atoms with Crippen LogP contribution in [-0.2, 0) is 11.3 Å². The second kappa shape index (κ2) is 6.56. The number of nitrogens with two attached hydrogens (primary N) is 1. The Morgan fingerprint density at radius 1 is 1.35 bits per heavy atom. The van der Waals surface area contributed by atoms with E-state index in [4.69, 9.17) is 12.2 Å². The number of hydrogen-bond acceptors (Lipinski definition) is 3. The van der Waals surface area contributed by atoms with Crippen molar-refractivity contribution in [2.24, 2.45) is 5.73 Å². The molecule has 1 heterocycles. The highest BCUT2D eigenvalue weighted by Gasteiger charge is 2.37. The summed E-state index contributed by atoms with van der Waals surface area (Å²) >= 11 is 0. The quantitative estimate of drug-likeness (QED) is 0.794. The highest BCUT2D eigenvalue weighted by atomic mass is 16.2. The van der Waals surface area contributed by atoms with Gasteiger partial charge in [-0.05, 0) is 18.4 Å². The van der Waals surface area contributed by atoms with Crippen molar-refractivity contribution in [3.05, 3.63) is 35.9 Å². The van der Waals surface area contributed by atoms with Gasteiger partial charge < -0.3 is 11.1 Å². The van der Waals surface area contributed by atoms with Crippen molar-refractivity contribution in [3.8, 4) is 12.3 Å². The average molecular weight is 271 g/mol. The fourth-order valence-corrected chi connectivity index (χ4v) is 2.49. The van der Waals surface area contributed by atoms with Crippen LogP contribution in [0.2, 0.25) is 0 Å². The smallest absolute Gasteiger partial charge is 0.240 e. The van der Waals surface area contributed by atoms with Gasteiger partial charge in [-0.25, -0.2) is 0 Å². The van der Waals surface area contributed by atoms with E-state index >= 15 is 0 Å². The predicted molar refractivity (Wildman–Crippen MR) is 79.7 cm³/mol. The van der Waals surface area contributed by atoms with Crippen molar-refractivity contribution in [2.45, 2.75) is 24.9 Å². The van der Waals surface area contributed by atoms with Crippen LogP contribution in [0.5, 0.6) is 0 Å². The summed E-state index contributed by atoms with van der Waals surface area (Å²) < 4.78 is 0. The Balaban J connectivity index is 1.86. The summed E-state index contributed by atoms with van der Waals surface area (Å²) in [5.74, 6) is 2.27. The summed E-state index contributed by atoms with van der Waals surface area (Å²) in [6, 6.07) is 10.3. The van der Waals surface area contributed by atoms with Gasteiger partial charge in [0, 0.05) is 19.6 Å². The van der Waals surface area contributed by atoms with E-state index in [-0.39, 0.29) is 12.5 Å². The molecule has 0 bridgehead atoms. The number of amides is 1. The number of likely N-dealkylation sites (tertiary alicyclic amines) is 1. The molecule has 2 rings (SSSR count). The lowest BCUT2D eigenvalue weighted by molar-refractivity contribution is -0.127. The monoisotopic (exact) mass is 271 g/mol. The molecule has 1 aromatic rings. The van der Waals surface area contributed by atoms with E-state index in [0.717, 1.165) is 19.6 Å². The van der Waals surface area contributed by atoms with Gasteiger partial charge >= 0.3 is 0 Å². The minimum atomic E-state index is -0.774. The van der Waals surface area contributed by atoms with Gasteiger partial charge in [0.1, 0.15) is 0 Å². The number of rotatable bonds is 4. The molecule has 4 heteroatoms. The third-order valence-corrected chi connectivity index (χ3v) is 3.80.